The molecule has 0 N–H and O–H groups in total. The molecule has 0 spiro atoms. The first kappa shape index (κ1) is 11.7. The molecule has 0 amide bonds. The second-order valence-corrected chi connectivity index (χ2v) is 4.72. The van der Waals surface area contributed by atoms with Crippen LogP contribution in [0.3, 0.4) is 0 Å². The van der Waals surface area contributed by atoms with Crippen molar-refractivity contribution in [3.8, 4) is 6.07 Å². The summed E-state index contributed by atoms with van der Waals surface area (Å²) in [7, 11) is 0. The maximum absolute atomic E-state index is 11.1. The SMILES string of the molecule is N#Cc1nccc2cc(N3CCC[C@H]3C=O)ccc12. The summed E-state index contributed by atoms with van der Waals surface area (Å²) in [5.41, 5.74) is 1.48. The van der Waals surface area contributed by atoms with E-state index in [0.29, 0.717) is 5.69 Å². The van der Waals surface area contributed by atoms with Crippen LogP contribution >= 0.6 is 0 Å². The van der Waals surface area contributed by atoms with E-state index in [1.54, 1.807) is 6.20 Å². The van der Waals surface area contributed by atoms with E-state index >= 15 is 0 Å². The fourth-order valence-electron chi connectivity index (χ4n) is 2.69. The summed E-state index contributed by atoms with van der Waals surface area (Å²) in [5.74, 6) is 0. The molecule has 1 aliphatic rings. The van der Waals surface area contributed by atoms with Crippen molar-refractivity contribution in [3.63, 3.8) is 0 Å². The molecule has 19 heavy (non-hydrogen) atoms. The minimum atomic E-state index is -0.0188. The average molecular weight is 251 g/mol. The highest BCUT2D eigenvalue weighted by Gasteiger charge is 2.24. The number of rotatable bonds is 2. The standard InChI is InChI=1S/C15H13N3O/c16-9-15-14-4-3-12(8-11(14)5-6-17-15)18-7-1-2-13(18)10-19/h3-6,8,10,13H,1-2,7H2/t13-/m0/s1. The van der Waals surface area contributed by atoms with Gasteiger partial charge in [0.2, 0.25) is 0 Å². The first-order valence-corrected chi connectivity index (χ1v) is 6.34. The van der Waals surface area contributed by atoms with Crippen LogP contribution in [0.25, 0.3) is 10.8 Å². The lowest BCUT2D eigenvalue weighted by Crippen LogP contribution is -2.30. The van der Waals surface area contributed by atoms with Crippen molar-refractivity contribution in [1.29, 1.82) is 5.26 Å². The molecule has 0 bridgehead atoms. The maximum Gasteiger partial charge on any atom is 0.148 e. The predicted octanol–water partition coefficient (Wildman–Crippen LogP) is 2.27. The van der Waals surface area contributed by atoms with Gasteiger partial charge in [-0.05, 0) is 42.5 Å². The van der Waals surface area contributed by atoms with Crippen LogP contribution < -0.4 is 4.90 Å². The Morgan fingerprint density at radius 1 is 1.42 bits per heavy atom. The summed E-state index contributed by atoms with van der Waals surface area (Å²) in [6, 6.07) is 9.88. The molecule has 1 fully saturated rings. The van der Waals surface area contributed by atoms with Crippen molar-refractivity contribution >= 4 is 22.7 Å². The minimum Gasteiger partial charge on any atom is -0.362 e. The third-order valence-electron chi connectivity index (χ3n) is 3.64. The van der Waals surface area contributed by atoms with Crippen LogP contribution in [-0.4, -0.2) is 23.9 Å². The van der Waals surface area contributed by atoms with Gasteiger partial charge in [-0.3, -0.25) is 0 Å². The van der Waals surface area contributed by atoms with E-state index in [9.17, 15) is 4.79 Å². The molecule has 2 aromatic rings. The molecule has 1 saturated heterocycles. The van der Waals surface area contributed by atoms with E-state index in [2.05, 4.69) is 16.0 Å². The Hall–Kier alpha value is -2.41. The fraction of sp³-hybridized carbons (Fsp3) is 0.267. The number of hydrogen-bond acceptors (Lipinski definition) is 4. The number of aldehydes is 1. The van der Waals surface area contributed by atoms with Gasteiger partial charge >= 0.3 is 0 Å². The molecular formula is C15H13N3O. The third-order valence-corrected chi connectivity index (χ3v) is 3.64. The largest absolute Gasteiger partial charge is 0.362 e. The summed E-state index contributed by atoms with van der Waals surface area (Å²) >= 11 is 0. The van der Waals surface area contributed by atoms with E-state index in [-0.39, 0.29) is 6.04 Å². The lowest BCUT2D eigenvalue weighted by atomic mass is 10.1. The number of hydrogen-bond donors (Lipinski definition) is 0. The second kappa shape index (κ2) is 4.69. The Kier molecular flexibility index (Phi) is 2.88. The summed E-state index contributed by atoms with van der Waals surface area (Å²) in [4.78, 5) is 17.2. The van der Waals surface area contributed by atoms with Gasteiger partial charge in [-0.15, -0.1) is 0 Å². The molecule has 0 aliphatic carbocycles. The molecule has 1 aromatic carbocycles. The molecule has 0 unspecified atom stereocenters. The topological polar surface area (TPSA) is 57.0 Å². The van der Waals surface area contributed by atoms with Crippen LogP contribution in [-0.2, 0) is 4.79 Å². The van der Waals surface area contributed by atoms with E-state index in [1.165, 1.54) is 0 Å². The predicted molar refractivity (Wildman–Crippen MR) is 72.9 cm³/mol. The van der Waals surface area contributed by atoms with E-state index < -0.39 is 0 Å². The van der Waals surface area contributed by atoms with Crippen LogP contribution in [0.1, 0.15) is 18.5 Å². The fourth-order valence-corrected chi connectivity index (χ4v) is 2.69. The van der Waals surface area contributed by atoms with Crippen LogP contribution in [0.15, 0.2) is 30.5 Å². The lowest BCUT2D eigenvalue weighted by Gasteiger charge is -2.23. The van der Waals surface area contributed by atoms with Gasteiger partial charge in [-0.1, -0.05) is 0 Å². The van der Waals surface area contributed by atoms with Crippen molar-refractivity contribution in [2.75, 3.05) is 11.4 Å². The molecule has 94 valence electrons. The first-order chi connectivity index (χ1) is 9.33. The zero-order chi connectivity index (χ0) is 13.2. The minimum absolute atomic E-state index is 0.0188. The van der Waals surface area contributed by atoms with E-state index in [4.69, 9.17) is 5.26 Å². The number of fused-ring (bicyclic) bond motifs is 1. The van der Waals surface area contributed by atoms with Gasteiger partial charge in [0.25, 0.3) is 0 Å². The highest BCUT2D eigenvalue weighted by Crippen LogP contribution is 2.28. The smallest absolute Gasteiger partial charge is 0.148 e. The number of aromatic nitrogens is 1. The van der Waals surface area contributed by atoms with Crippen LogP contribution in [0.2, 0.25) is 0 Å². The average Bonchev–Trinajstić information content (AvgIpc) is 2.94. The zero-order valence-electron chi connectivity index (χ0n) is 10.4. The Labute approximate surface area is 111 Å². The zero-order valence-corrected chi connectivity index (χ0v) is 10.4. The van der Waals surface area contributed by atoms with Gasteiger partial charge in [-0.25, -0.2) is 4.98 Å². The van der Waals surface area contributed by atoms with E-state index in [1.807, 2.05) is 24.3 Å². The van der Waals surface area contributed by atoms with Gasteiger partial charge < -0.3 is 9.69 Å². The number of nitrogens with zero attached hydrogens (tertiary/aromatic N) is 3. The maximum atomic E-state index is 11.1. The highest BCUT2D eigenvalue weighted by atomic mass is 16.1. The molecule has 2 heterocycles. The molecule has 0 radical (unpaired) electrons. The van der Waals surface area contributed by atoms with Crippen molar-refractivity contribution in [2.45, 2.75) is 18.9 Å². The number of anilines is 1. The molecule has 4 nitrogen and oxygen atoms in total. The molecule has 1 aromatic heterocycles. The molecule has 0 saturated carbocycles. The van der Waals surface area contributed by atoms with Crippen LogP contribution in [0.4, 0.5) is 5.69 Å². The van der Waals surface area contributed by atoms with Gasteiger partial charge in [0.15, 0.2) is 0 Å². The molecule has 1 atom stereocenters. The molecule has 1 aliphatic heterocycles. The number of nitriles is 1. The third kappa shape index (κ3) is 1.93. The van der Waals surface area contributed by atoms with Crippen molar-refractivity contribution < 1.29 is 4.79 Å². The summed E-state index contributed by atoms with van der Waals surface area (Å²) in [6.07, 6.45) is 4.62. The molecule has 3 rings (SSSR count). The highest BCUT2D eigenvalue weighted by molar-refractivity contribution is 5.89. The van der Waals surface area contributed by atoms with Crippen LogP contribution in [0.5, 0.6) is 0 Å². The number of pyridine rings is 1. The number of carbonyl (C=O) groups is 1. The Morgan fingerprint density at radius 3 is 3.11 bits per heavy atom. The number of benzene rings is 1. The van der Waals surface area contributed by atoms with Crippen molar-refractivity contribution in [2.24, 2.45) is 0 Å². The van der Waals surface area contributed by atoms with Gasteiger partial charge in [0.05, 0.1) is 6.04 Å². The van der Waals surface area contributed by atoms with Crippen molar-refractivity contribution in [1.82, 2.24) is 4.98 Å². The lowest BCUT2D eigenvalue weighted by molar-refractivity contribution is -0.108. The second-order valence-electron chi connectivity index (χ2n) is 4.72. The van der Waals surface area contributed by atoms with Crippen LogP contribution in [0, 0.1) is 11.3 Å². The van der Waals surface area contributed by atoms with Gasteiger partial charge in [0, 0.05) is 23.8 Å². The monoisotopic (exact) mass is 251 g/mol. The normalized spacial score (nSPS) is 18.5. The quantitative estimate of drug-likeness (QED) is 0.768. The van der Waals surface area contributed by atoms with Gasteiger partial charge in [0.1, 0.15) is 18.0 Å². The Morgan fingerprint density at radius 2 is 2.32 bits per heavy atom. The number of carbonyl (C=O) groups excluding carboxylic acids is 1. The molecular weight excluding hydrogens is 238 g/mol. The Balaban J connectivity index is 2.08. The Bertz CT molecular complexity index is 675. The summed E-state index contributed by atoms with van der Waals surface area (Å²) < 4.78 is 0. The van der Waals surface area contributed by atoms with E-state index in [0.717, 1.165) is 42.1 Å². The summed E-state index contributed by atoms with van der Waals surface area (Å²) in [6.45, 7) is 0.908. The first-order valence-electron chi connectivity index (χ1n) is 6.34. The summed E-state index contributed by atoms with van der Waals surface area (Å²) in [5, 5.41) is 10.9. The van der Waals surface area contributed by atoms with Gasteiger partial charge in [-0.2, -0.15) is 5.26 Å². The van der Waals surface area contributed by atoms with Crippen molar-refractivity contribution in [3.05, 3.63) is 36.2 Å². The molecule has 4 heteroatoms.